The van der Waals surface area contributed by atoms with Gasteiger partial charge < -0.3 is 55.7 Å². The second-order valence-electron chi connectivity index (χ2n) is 14.4. The normalized spacial score (nSPS) is 12.8. The van der Waals surface area contributed by atoms with E-state index in [1.165, 1.54) is 6.21 Å². The molecule has 66 heavy (non-hydrogen) atoms. The van der Waals surface area contributed by atoms with E-state index in [9.17, 15) is 45.5 Å². The Balaban J connectivity index is 2.02. The summed E-state index contributed by atoms with van der Waals surface area (Å²) in [5, 5.41) is 10.0. The number of unbranched alkanes of at least 4 members (excludes halogenated alkanes) is 3. The predicted molar refractivity (Wildman–Crippen MR) is 249 cm³/mol. The van der Waals surface area contributed by atoms with Crippen LogP contribution in [0.5, 0.6) is 0 Å². The number of nitrogens with two attached hydrogens (primary N) is 6. The third-order valence-electron chi connectivity index (χ3n) is 9.20. The molecule has 362 valence electrons. The quantitative estimate of drug-likeness (QED) is 0.0202. The zero-order valence-electron chi connectivity index (χ0n) is 36.1. The molecule has 0 radical (unpaired) electrons. The van der Waals surface area contributed by atoms with Crippen molar-refractivity contribution >= 4 is 88.0 Å². The summed E-state index contributed by atoms with van der Waals surface area (Å²) < 4.78 is 85.9. The molecule has 0 saturated carbocycles. The Morgan fingerprint density at radius 1 is 0.652 bits per heavy atom. The van der Waals surface area contributed by atoms with E-state index in [0.29, 0.717) is 56.4 Å². The number of carbonyl (C=O) groups is 4. The van der Waals surface area contributed by atoms with Crippen LogP contribution in [0.2, 0.25) is 0 Å². The van der Waals surface area contributed by atoms with Crippen LogP contribution in [0.3, 0.4) is 0 Å². The van der Waals surface area contributed by atoms with Crippen LogP contribution < -0.4 is 55.7 Å². The topological polar surface area (TPSA) is 310 Å². The summed E-state index contributed by atoms with van der Waals surface area (Å²) in [4.78, 5) is 66.1. The summed E-state index contributed by atoms with van der Waals surface area (Å²) in [5.41, 5.74) is 29.0. The van der Waals surface area contributed by atoms with E-state index >= 15 is 0 Å². The van der Waals surface area contributed by atoms with E-state index < -0.39 is 52.8 Å². The van der Waals surface area contributed by atoms with E-state index in [0.717, 1.165) is 41.7 Å². The van der Waals surface area contributed by atoms with Gasteiger partial charge in [-0.3, -0.25) is 34.2 Å². The molecule has 4 amide bonds. The fourth-order valence-corrected chi connectivity index (χ4v) is 7.81. The number of halogens is 6. The highest BCUT2D eigenvalue weighted by Gasteiger charge is 2.35. The standard InChI is InChI=1S/C41H55F6N13O4S2/c1-2-23-10-15-54-31(37(64)60-30-21-25(41(45,46)47)19-28(35(30)66-17-12-49)57-32(61)8-4-3-6-13-55-38(50)51)22-26(23)36(63)59-29-20-24(40(42,43)44)18-27(34(29)65-16-11-48)58-33(62)9-5-7-14-56-39(52)53/h15,18-22H,2-14,16-17,48-49H2,1H3,(H,57,61)(H,58,62)(H,59,63)(H,60,64)(H4,50,51,55)(H4,52,53,56). The number of benzene rings is 2. The second-order valence-corrected chi connectivity index (χ2v) is 16.6. The Morgan fingerprint density at radius 3 is 1.50 bits per heavy atom. The number of alkyl halides is 6. The van der Waals surface area contributed by atoms with Gasteiger partial charge in [-0.05, 0) is 62.4 Å². The maximum Gasteiger partial charge on any atom is 0.416 e. The van der Waals surface area contributed by atoms with Gasteiger partial charge in [0.15, 0.2) is 11.9 Å². The third kappa shape index (κ3) is 17.9. The number of thioether (sulfide) groups is 2. The highest BCUT2D eigenvalue weighted by Crippen LogP contribution is 2.43. The van der Waals surface area contributed by atoms with Gasteiger partial charge >= 0.3 is 12.4 Å². The number of aliphatic imine (C=N–C) groups is 3. The highest BCUT2D eigenvalue weighted by molar-refractivity contribution is 7.99. The number of hydrogen-bond donors (Lipinski definition) is 10. The summed E-state index contributed by atoms with van der Waals surface area (Å²) >= 11 is 1.96. The number of rotatable bonds is 24. The molecule has 0 aromatic heterocycles. The zero-order chi connectivity index (χ0) is 49.0. The van der Waals surface area contributed by atoms with Crippen molar-refractivity contribution in [2.24, 2.45) is 49.4 Å². The average Bonchev–Trinajstić information content (AvgIpc) is 3.46. The molecule has 0 aliphatic carbocycles. The van der Waals surface area contributed by atoms with Crippen LogP contribution in [0.15, 0.2) is 72.0 Å². The van der Waals surface area contributed by atoms with Crippen molar-refractivity contribution in [2.45, 2.75) is 86.9 Å². The maximum absolute atomic E-state index is 14.3. The summed E-state index contributed by atoms with van der Waals surface area (Å²) in [7, 11) is 0. The molecule has 0 spiro atoms. The first-order chi connectivity index (χ1) is 31.2. The number of allylic oxidation sites excluding steroid dienone is 1. The van der Waals surface area contributed by atoms with Crippen LogP contribution in [0.4, 0.5) is 49.1 Å². The summed E-state index contributed by atoms with van der Waals surface area (Å²) in [6.07, 6.45) is -5.17. The Labute approximate surface area is 385 Å². The fraction of sp³-hybridized carbons (Fsp3) is 0.439. The lowest BCUT2D eigenvalue weighted by atomic mass is 10.0. The molecule has 3 rings (SSSR count). The van der Waals surface area contributed by atoms with Crippen molar-refractivity contribution in [3.05, 3.63) is 58.3 Å². The molecule has 0 atom stereocenters. The summed E-state index contributed by atoms with van der Waals surface area (Å²) in [6.45, 7) is 2.42. The monoisotopic (exact) mass is 971 g/mol. The molecular weight excluding hydrogens is 917 g/mol. The molecule has 17 nitrogen and oxygen atoms in total. The van der Waals surface area contributed by atoms with E-state index in [1.807, 2.05) is 0 Å². The Morgan fingerprint density at radius 2 is 1.08 bits per heavy atom. The molecular formula is C41H55F6N13O4S2. The van der Waals surface area contributed by atoms with E-state index in [4.69, 9.17) is 34.4 Å². The largest absolute Gasteiger partial charge is 0.416 e. The molecule has 2 aromatic carbocycles. The van der Waals surface area contributed by atoms with Crippen molar-refractivity contribution in [3.8, 4) is 0 Å². The molecule has 1 heterocycles. The Bertz CT molecular complexity index is 2210. The van der Waals surface area contributed by atoms with Gasteiger partial charge in [0.25, 0.3) is 11.8 Å². The average molecular weight is 972 g/mol. The van der Waals surface area contributed by atoms with Gasteiger partial charge in [0, 0.05) is 68.7 Å². The third-order valence-corrected chi connectivity index (χ3v) is 11.5. The van der Waals surface area contributed by atoms with Gasteiger partial charge in [0.2, 0.25) is 11.8 Å². The van der Waals surface area contributed by atoms with Gasteiger partial charge in [-0.1, -0.05) is 18.9 Å². The van der Waals surface area contributed by atoms with Gasteiger partial charge in [0.05, 0.1) is 43.7 Å². The van der Waals surface area contributed by atoms with Crippen molar-refractivity contribution in [2.75, 3.05) is 59.0 Å². The van der Waals surface area contributed by atoms with Crippen LogP contribution in [-0.4, -0.2) is 79.4 Å². The number of nitrogens with one attached hydrogen (secondary N) is 4. The second kappa shape index (κ2) is 26.4. The molecule has 0 saturated heterocycles. The zero-order valence-corrected chi connectivity index (χ0v) is 37.7. The lowest BCUT2D eigenvalue weighted by Gasteiger charge is -2.20. The molecule has 25 heteroatoms. The number of amides is 4. The fourth-order valence-electron chi connectivity index (χ4n) is 6.10. The van der Waals surface area contributed by atoms with E-state index in [2.05, 4.69) is 36.2 Å². The van der Waals surface area contributed by atoms with E-state index in [1.54, 1.807) is 6.92 Å². The van der Waals surface area contributed by atoms with Crippen LogP contribution in [0.25, 0.3) is 0 Å². The number of guanidine groups is 2. The Hall–Kier alpha value is -5.79. The van der Waals surface area contributed by atoms with Crippen molar-refractivity contribution in [1.82, 2.24) is 0 Å². The van der Waals surface area contributed by atoms with Gasteiger partial charge in [-0.2, -0.15) is 26.3 Å². The van der Waals surface area contributed by atoms with Crippen molar-refractivity contribution in [3.63, 3.8) is 0 Å². The molecule has 2 aromatic rings. The predicted octanol–water partition coefficient (Wildman–Crippen LogP) is 5.62. The molecule has 1 aliphatic rings. The van der Waals surface area contributed by atoms with Gasteiger partial charge in [-0.15, -0.1) is 23.5 Å². The first-order valence-electron chi connectivity index (χ1n) is 20.6. The van der Waals surface area contributed by atoms with Crippen molar-refractivity contribution in [1.29, 1.82) is 0 Å². The number of hydrogen-bond acceptors (Lipinski definition) is 11. The number of nitrogens with zero attached hydrogens (tertiary/aromatic N) is 3. The first-order valence-corrected chi connectivity index (χ1v) is 22.6. The van der Waals surface area contributed by atoms with Crippen LogP contribution in [0.1, 0.15) is 75.8 Å². The summed E-state index contributed by atoms with van der Waals surface area (Å²) in [6, 6.07) is 2.89. The lowest BCUT2D eigenvalue weighted by molar-refractivity contribution is -0.138. The minimum Gasteiger partial charge on any atom is -0.370 e. The van der Waals surface area contributed by atoms with Crippen LogP contribution >= 0.6 is 23.5 Å². The summed E-state index contributed by atoms with van der Waals surface area (Å²) in [5.74, 6) is -3.09. The molecule has 0 bridgehead atoms. The van der Waals surface area contributed by atoms with Gasteiger partial charge in [0.1, 0.15) is 5.70 Å². The molecule has 0 fully saturated rings. The highest BCUT2D eigenvalue weighted by atomic mass is 32.2. The lowest BCUT2D eigenvalue weighted by Crippen LogP contribution is -2.23. The molecule has 0 unspecified atom stereocenters. The van der Waals surface area contributed by atoms with Crippen molar-refractivity contribution < 1.29 is 45.5 Å². The van der Waals surface area contributed by atoms with Gasteiger partial charge in [-0.25, -0.2) is 0 Å². The van der Waals surface area contributed by atoms with Crippen LogP contribution in [0, 0.1) is 0 Å². The minimum atomic E-state index is -4.92. The Kier molecular flexibility index (Phi) is 21.8. The van der Waals surface area contributed by atoms with E-state index in [-0.39, 0.29) is 107 Å². The minimum absolute atomic E-state index is 0.0139. The number of carbonyl (C=O) groups excluding carboxylic acids is 4. The first kappa shape index (κ1) is 54.5. The SMILES string of the molecule is CCC1=C(C(=O)Nc2cc(C(F)(F)F)cc(NC(=O)CCCCN=C(N)N)c2SCCN)C=C(C(=O)Nc2cc(C(F)(F)F)cc(NC(=O)CCCCCN=C(N)N)c2SCCN)N=CC1. The molecule has 16 N–H and O–H groups in total. The maximum atomic E-state index is 14.3. The number of anilines is 4. The smallest absolute Gasteiger partial charge is 0.370 e. The molecule has 1 aliphatic heterocycles. The van der Waals surface area contributed by atoms with Crippen LogP contribution in [-0.2, 0) is 31.5 Å².